The fourth-order valence-corrected chi connectivity index (χ4v) is 3.80. The Labute approximate surface area is 127 Å². The molecule has 0 aromatic carbocycles. The normalized spacial score (nSPS) is 17.2. The molecule has 1 fully saturated rings. The third kappa shape index (κ3) is 3.16. The lowest BCUT2D eigenvalue weighted by molar-refractivity contribution is 0.276. The van der Waals surface area contributed by atoms with E-state index in [0.29, 0.717) is 4.77 Å². The number of aromatic nitrogens is 4. The average molecular weight is 309 g/mol. The van der Waals surface area contributed by atoms with E-state index in [9.17, 15) is 0 Å². The van der Waals surface area contributed by atoms with Crippen LogP contribution in [0.1, 0.15) is 36.4 Å². The number of hydrogen-bond acceptors (Lipinski definition) is 5. The molecule has 2 aromatic heterocycles. The van der Waals surface area contributed by atoms with E-state index in [-0.39, 0.29) is 0 Å². The summed E-state index contributed by atoms with van der Waals surface area (Å²) in [4.78, 5) is 12.6. The number of nitrogens with zero attached hydrogens (tertiary/aromatic N) is 3. The molecule has 0 saturated carbocycles. The lowest BCUT2D eigenvalue weighted by atomic mass is 10.2. The summed E-state index contributed by atoms with van der Waals surface area (Å²) in [6.45, 7) is 5.37. The van der Waals surface area contributed by atoms with Crippen LogP contribution in [-0.4, -0.2) is 38.2 Å². The highest BCUT2D eigenvalue weighted by molar-refractivity contribution is 7.71. The van der Waals surface area contributed by atoms with Crippen LogP contribution in [0, 0.1) is 11.7 Å². The van der Waals surface area contributed by atoms with Crippen molar-refractivity contribution in [2.75, 3.05) is 13.1 Å². The molecule has 7 heteroatoms. The minimum atomic E-state index is 0.488. The predicted molar refractivity (Wildman–Crippen MR) is 83.4 cm³/mol. The van der Waals surface area contributed by atoms with Crippen molar-refractivity contribution in [3.8, 4) is 10.7 Å². The van der Waals surface area contributed by atoms with Crippen LogP contribution in [0.2, 0.25) is 0 Å². The maximum atomic E-state index is 5.01. The second-order valence-electron chi connectivity index (χ2n) is 5.23. The van der Waals surface area contributed by atoms with Crippen molar-refractivity contribution in [3.05, 3.63) is 15.5 Å². The SMILES string of the molecule is Cc1nc(CN2CCCCCC2)sc1-c1nc(=S)[nH][nH]1. The van der Waals surface area contributed by atoms with Crippen LogP contribution in [0.15, 0.2) is 0 Å². The molecule has 1 aliphatic heterocycles. The molecule has 0 aliphatic carbocycles. The Bertz CT molecular complexity index is 619. The lowest BCUT2D eigenvalue weighted by Gasteiger charge is -2.17. The number of thiazole rings is 1. The maximum absolute atomic E-state index is 5.01. The molecule has 3 heterocycles. The summed E-state index contributed by atoms with van der Waals surface area (Å²) in [5.74, 6) is 0.798. The summed E-state index contributed by atoms with van der Waals surface area (Å²) in [5, 5.41) is 7.01. The van der Waals surface area contributed by atoms with E-state index in [1.165, 1.54) is 43.8 Å². The highest BCUT2D eigenvalue weighted by atomic mass is 32.1. The molecular formula is C13H19N5S2. The zero-order valence-corrected chi connectivity index (χ0v) is 13.2. The third-order valence-corrected chi connectivity index (χ3v) is 4.96. The number of H-pyrrole nitrogens is 2. The van der Waals surface area contributed by atoms with Gasteiger partial charge in [0.15, 0.2) is 5.82 Å². The van der Waals surface area contributed by atoms with Crippen molar-refractivity contribution in [1.82, 2.24) is 25.1 Å². The summed E-state index contributed by atoms with van der Waals surface area (Å²) >= 11 is 6.72. The standard InChI is InChI=1S/C13H19N5S2/c1-9-11(12-15-13(19)17-16-12)20-10(14-9)8-18-6-4-2-3-5-7-18/h2-8H2,1H3,(H2,15,16,17,19). The van der Waals surface area contributed by atoms with Crippen molar-refractivity contribution >= 4 is 23.6 Å². The van der Waals surface area contributed by atoms with Gasteiger partial charge < -0.3 is 0 Å². The quantitative estimate of drug-likeness (QED) is 0.854. The van der Waals surface area contributed by atoms with Gasteiger partial charge in [-0.25, -0.2) is 4.98 Å². The van der Waals surface area contributed by atoms with Gasteiger partial charge in [-0.05, 0) is 45.1 Å². The number of rotatable bonds is 3. The van der Waals surface area contributed by atoms with E-state index in [1.54, 1.807) is 11.3 Å². The van der Waals surface area contributed by atoms with Gasteiger partial charge in [-0.2, -0.15) is 4.98 Å². The monoisotopic (exact) mass is 309 g/mol. The Balaban J connectivity index is 1.76. The summed E-state index contributed by atoms with van der Waals surface area (Å²) in [6, 6.07) is 0. The molecule has 108 valence electrons. The summed E-state index contributed by atoms with van der Waals surface area (Å²) in [5.41, 5.74) is 1.03. The molecule has 20 heavy (non-hydrogen) atoms. The van der Waals surface area contributed by atoms with Crippen LogP contribution in [0.25, 0.3) is 10.7 Å². The van der Waals surface area contributed by atoms with E-state index in [0.717, 1.165) is 22.9 Å². The van der Waals surface area contributed by atoms with Crippen LogP contribution >= 0.6 is 23.6 Å². The molecule has 0 amide bonds. The van der Waals surface area contributed by atoms with Gasteiger partial charge >= 0.3 is 0 Å². The predicted octanol–water partition coefficient (Wildman–Crippen LogP) is 3.28. The van der Waals surface area contributed by atoms with Gasteiger partial charge in [-0.3, -0.25) is 15.1 Å². The van der Waals surface area contributed by atoms with Gasteiger partial charge in [0.05, 0.1) is 17.1 Å². The van der Waals surface area contributed by atoms with Crippen molar-refractivity contribution < 1.29 is 0 Å². The summed E-state index contributed by atoms with van der Waals surface area (Å²) < 4.78 is 0.488. The Morgan fingerprint density at radius 2 is 1.90 bits per heavy atom. The summed E-state index contributed by atoms with van der Waals surface area (Å²) in [7, 11) is 0. The van der Waals surface area contributed by atoms with Crippen molar-refractivity contribution in [2.45, 2.75) is 39.2 Å². The smallest absolute Gasteiger partial charge is 0.213 e. The molecule has 0 bridgehead atoms. The van der Waals surface area contributed by atoms with Crippen LogP contribution in [0.5, 0.6) is 0 Å². The number of aromatic amines is 2. The maximum Gasteiger partial charge on any atom is 0.213 e. The van der Waals surface area contributed by atoms with Crippen LogP contribution in [0.4, 0.5) is 0 Å². The van der Waals surface area contributed by atoms with Crippen LogP contribution < -0.4 is 0 Å². The second kappa shape index (κ2) is 6.15. The van der Waals surface area contributed by atoms with Crippen molar-refractivity contribution in [2.24, 2.45) is 0 Å². The molecule has 2 N–H and O–H groups in total. The molecular weight excluding hydrogens is 290 g/mol. The van der Waals surface area contributed by atoms with Crippen LogP contribution in [-0.2, 0) is 6.54 Å². The highest BCUT2D eigenvalue weighted by Gasteiger charge is 2.15. The third-order valence-electron chi connectivity index (χ3n) is 3.61. The summed E-state index contributed by atoms with van der Waals surface area (Å²) in [6.07, 6.45) is 5.35. The molecule has 3 rings (SSSR count). The molecule has 0 radical (unpaired) electrons. The van der Waals surface area contributed by atoms with Crippen molar-refractivity contribution in [3.63, 3.8) is 0 Å². The zero-order chi connectivity index (χ0) is 13.9. The minimum Gasteiger partial charge on any atom is -0.297 e. The molecule has 5 nitrogen and oxygen atoms in total. The Morgan fingerprint density at radius 1 is 1.15 bits per heavy atom. The van der Waals surface area contributed by atoms with Gasteiger partial charge in [0.1, 0.15) is 5.01 Å². The zero-order valence-electron chi connectivity index (χ0n) is 11.6. The second-order valence-corrected chi connectivity index (χ2v) is 6.70. The van der Waals surface area contributed by atoms with Gasteiger partial charge in [0, 0.05) is 0 Å². The first-order valence-corrected chi connectivity index (χ1v) is 8.28. The number of hydrogen-bond donors (Lipinski definition) is 2. The molecule has 2 aromatic rings. The van der Waals surface area contributed by atoms with Gasteiger partial charge in [0.2, 0.25) is 4.77 Å². The lowest BCUT2D eigenvalue weighted by Crippen LogP contribution is -2.23. The number of aryl methyl sites for hydroxylation is 1. The Hall–Kier alpha value is -1.05. The first-order valence-electron chi connectivity index (χ1n) is 7.06. The van der Waals surface area contributed by atoms with Gasteiger partial charge in [-0.15, -0.1) is 11.3 Å². The number of likely N-dealkylation sites (tertiary alicyclic amines) is 1. The minimum absolute atomic E-state index is 0.488. The highest BCUT2D eigenvalue weighted by Crippen LogP contribution is 2.28. The molecule has 0 unspecified atom stereocenters. The van der Waals surface area contributed by atoms with E-state index >= 15 is 0 Å². The molecule has 1 aliphatic rings. The Kier molecular flexibility index (Phi) is 4.28. The van der Waals surface area contributed by atoms with Crippen molar-refractivity contribution in [1.29, 1.82) is 0 Å². The van der Waals surface area contributed by atoms with Gasteiger partial charge in [0.25, 0.3) is 0 Å². The van der Waals surface area contributed by atoms with E-state index < -0.39 is 0 Å². The van der Waals surface area contributed by atoms with E-state index in [4.69, 9.17) is 12.2 Å². The molecule has 1 saturated heterocycles. The van der Waals surface area contributed by atoms with E-state index in [2.05, 4.69) is 25.1 Å². The Morgan fingerprint density at radius 3 is 2.55 bits per heavy atom. The molecule has 0 spiro atoms. The number of nitrogens with one attached hydrogen (secondary N) is 2. The first kappa shape index (κ1) is 13.9. The molecule has 0 atom stereocenters. The fourth-order valence-electron chi connectivity index (χ4n) is 2.60. The average Bonchev–Trinajstić information content (AvgIpc) is 2.89. The largest absolute Gasteiger partial charge is 0.297 e. The first-order chi connectivity index (χ1) is 9.72. The topological polar surface area (TPSA) is 60.6 Å². The van der Waals surface area contributed by atoms with Crippen LogP contribution in [0.3, 0.4) is 0 Å². The van der Waals surface area contributed by atoms with E-state index in [1.807, 2.05) is 6.92 Å². The fraction of sp³-hybridized carbons (Fsp3) is 0.615. The van der Waals surface area contributed by atoms with Gasteiger partial charge in [-0.1, -0.05) is 12.8 Å².